The maximum Gasteiger partial charge on any atom is 0.145 e. The summed E-state index contributed by atoms with van der Waals surface area (Å²) in [5.41, 5.74) is 16.8. The fourth-order valence-corrected chi connectivity index (χ4v) is 9.33. The summed E-state index contributed by atoms with van der Waals surface area (Å²) in [6, 6.07) is 66.1. The summed E-state index contributed by atoms with van der Waals surface area (Å²) in [7, 11) is 0. The molecule has 0 bridgehead atoms. The van der Waals surface area contributed by atoms with Gasteiger partial charge < -0.3 is 9.13 Å². The first-order valence-corrected chi connectivity index (χ1v) is 19.1. The zero-order valence-corrected chi connectivity index (χ0v) is 30.0. The predicted octanol–water partition coefficient (Wildman–Crippen LogP) is 12.7. The molecular formula is C51H34N4. The van der Waals surface area contributed by atoms with Crippen molar-refractivity contribution in [1.82, 2.24) is 18.7 Å². The highest BCUT2D eigenvalue weighted by Crippen LogP contribution is 2.44. The Morgan fingerprint density at radius 1 is 0.345 bits per heavy atom. The van der Waals surface area contributed by atoms with E-state index in [1.165, 1.54) is 77.2 Å². The lowest BCUT2D eigenvalue weighted by atomic mass is 9.88. The van der Waals surface area contributed by atoms with Gasteiger partial charge in [-0.3, -0.25) is 4.57 Å². The van der Waals surface area contributed by atoms with Crippen LogP contribution in [0.5, 0.6) is 0 Å². The van der Waals surface area contributed by atoms with Crippen LogP contribution in [0, 0.1) is 0 Å². The maximum atomic E-state index is 5.19. The van der Waals surface area contributed by atoms with Crippen LogP contribution in [-0.2, 0) is 12.8 Å². The molecule has 3 aromatic heterocycles. The lowest BCUT2D eigenvalue weighted by Crippen LogP contribution is -2.02. The van der Waals surface area contributed by atoms with Gasteiger partial charge in [0, 0.05) is 44.2 Å². The zero-order valence-electron chi connectivity index (χ0n) is 30.0. The number of aryl methyl sites for hydroxylation is 2. The summed E-state index contributed by atoms with van der Waals surface area (Å²) < 4.78 is 7.25. The SMILES string of the molecule is c1ccc(-n2c(-c3cccc(-c4cc5c6c7c(cc(-n8c9ccccc9c9ccccc98)cc7n(-c7ccccc7)c6c4)CC5)c3)nc3ccccc32)cc1. The lowest BCUT2D eigenvalue weighted by Gasteiger charge is -2.17. The molecule has 11 aromatic rings. The monoisotopic (exact) mass is 702 g/mol. The second-order valence-corrected chi connectivity index (χ2v) is 14.7. The molecule has 0 amide bonds. The first-order chi connectivity index (χ1) is 27.3. The van der Waals surface area contributed by atoms with Crippen molar-refractivity contribution in [1.29, 1.82) is 0 Å². The Bertz CT molecular complexity index is 3250. The molecule has 1 aliphatic carbocycles. The molecule has 0 atom stereocenters. The van der Waals surface area contributed by atoms with Gasteiger partial charge in [-0.2, -0.15) is 0 Å². The third-order valence-corrected chi connectivity index (χ3v) is 11.7. The number of hydrogen-bond acceptors (Lipinski definition) is 1. The van der Waals surface area contributed by atoms with Gasteiger partial charge in [0.25, 0.3) is 0 Å². The number of hydrogen-bond donors (Lipinski definition) is 0. The van der Waals surface area contributed by atoms with E-state index < -0.39 is 0 Å². The second-order valence-electron chi connectivity index (χ2n) is 14.7. The molecule has 0 fully saturated rings. The van der Waals surface area contributed by atoms with E-state index >= 15 is 0 Å². The zero-order chi connectivity index (χ0) is 36.0. The van der Waals surface area contributed by atoms with Crippen LogP contribution in [0.1, 0.15) is 11.1 Å². The van der Waals surface area contributed by atoms with Crippen LogP contribution >= 0.6 is 0 Å². The smallest absolute Gasteiger partial charge is 0.145 e. The quantitative estimate of drug-likeness (QED) is 0.175. The van der Waals surface area contributed by atoms with E-state index in [9.17, 15) is 0 Å². The number of imidazole rings is 1. The fraction of sp³-hybridized carbons (Fsp3) is 0.0392. The Morgan fingerprint density at radius 2 is 0.891 bits per heavy atom. The summed E-state index contributed by atoms with van der Waals surface area (Å²) in [5, 5.41) is 5.31. The largest absolute Gasteiger partial charge is 0.309 e. The Labute approximate surface area is 317 Å². The van der Waals surface area contributed by atoms with Crippen molar-refractivity contribution in [3.05, 3.63) is 193 Å². The number of aromatic nitrogens is 4. The van der Waals surface area contributed by atoms with Crippen LogP contribution in [-0.4, -0.2) is 18.7 Å². The van der Waals surface area contributed by atoms with Gasteiger partial charge in [0.1, 0.15) is 5.82 Å². The molecule has 0 spiro atoms. The van der Waals surface area contributed by atoms with Gasteiger partial charge in [-0.15, -0.1) is 0 Å². The number of para-hydroxylation sites is 6. The molecule has 4 nitrogen and oxygen atoms in total. The molecule has 1 aliphatic rings. The topological polar surface area (TPSA) is 27.7 Å². The Morgan fingerprint density at radius 3 is 1.60 bits per heavy atom. The number of fused-ring (bicyclic) bond motifs is 4. The van der Waals surface area contributed by atoms with E-state index in [1.54, 1.807) is 0 Å². The fourth-order valence-electron chi connectivity index (χ4n) is 9.33. The molecule has 0 saturated carbocycles. The van der Waals surface area contributed by atoms with Crippen LogP contribution in [0.25, 0.3) is 94.2 Å². The first kappa shape index (κ1) is 30.3. The summed E-state index contributed by atoms with van der Waals surface area (Å²) in [4.78, 5) is 5.19. The highest BCUT2D eigenvalue weighted by atomic mass is 15.1. The van der Waals surface area contributed by atoms with Gasteiger partial charge in [-0.05, 0) is 108 Å². The van der Waals surface area contributed by atoms with E-state index in [0.29, 0.717) is 0 Å². The van der Waals surface area contributed by atoms with Crippen molar-refractivity contribution >= 4 is 54.6 Å². The molecule has 0 saturated heterocycles. The van der Waals surface area contributed by atoms with Crippen molar-refractivity contribution in [2.75, 3.05) is 0 Å². The first-order valence-electron chi connectivity index (χ1n) is 19.1. The maximum absolute atomic E-state index is 5.19. The molecule has 55 heavy (non-hydrogen) atoms. The van der Waals surface area contributed by atoms with E-state index in [2.05, 4.69) is 196 Å². The molecule has 0 N–H and O–H groups in total. The van der Waals surface area contributed by atoms with Gasteiger partial charge in [0.2, 0.25) is 0 Å². The summed E-state index contributed by atoms with van der Waals surface area (Å²) in [6.45, 7) is 0. The minimum Gasteiger partial charge on any atom is -0.309 e. The van der Waals surface area contributed by atoms with Crippen LogP contribution in [0.15, 0.2) is 182 Å². The van der Waals surface area contributed by atoms with Crippen molar-refractivity contribution < 1.29 is 0 Å². The minimum absolute atomic E-state index is 0.942. The average molecular weight is 703 g/mol. The highest BCUT2D eigenvalue weighted by Gasteiger charge is 2.25. The number of rotatable bonds is 5. The Kier molecular flexibility index (Phi) is 6.43. The number of nitrogens with zero attached hydrogens (tertiary/aromatic N) is 4. The highest BCUT2D eigenvalue weighted by molar-refractivity contribution is 6.15. The van der Waals surface area contributed by atoms with Crippen molar-refractivity contribution in [2.45, 2.75) is 12.8 Å². The molecule has 4 heteroatoms. The summed E-state index contributed by atoms with van der Waals surface area (Å²) >= 11 is 0. The van der Waals surface area contributed by atoms with Gasteiger partial charge >= 0.3 is 0 Å². The van der Waals surface area contributed by atoms with Crippen molar-refractivity contribution in [3.8, 4) is 39.6 Å². The summed E-state index contributed by atoms with van der Waals surface area (Å²) in [5.74, 6) is 0.942. The Hall–Kier alpha value is -7.17. The average Bonchev–Trinajstić information content (AvgIpc) is 3.92. The van der Waals surface area contributed by atoms with E-state index in [4.69, 9.17) is 4.98 Å². The number of benzene rings is 8. The standard InChI is InChI=1S/C51H34N4/c1-3-16-38(17-4-1)53-47-31-37(33-14-13-15-36(28-33)51-52-43-22-9-12-25-46(43)55(51)39-18-5-2-6-19-39)29-34-26-27-35-30-40(32-48(53)50(35)49(34)47)54-44-23-10-7-20-41(44)42-21-8-11-24-45(42)54/h1-25,28-32H,26-27H2. The van der Waals surface area contributed by atoms with Crippen molar-refractivity contribution in [3.63, 3.8) is 0 Å². The van der Waals surface area contributed by atoms with E-state index in [-0.39, 0.29) is 0 Å². The molecule has 12 rings (SSSR count). The molecular weight excluding hydrogens is 669 g/mol. The third-order valence-electron chi connectivity index (χ3n) is 11.7. The Balaban J connectivity index is 1.10. The molecule has 3 heterocycles. The second kappa shape index (κ2) is 11.7. The summed E-state index contributed by atoms with van der Waals surface area (Å²) in [6.07, 6.45) is 1.98. The van der Waals surface area contributed by atoms with Crippen LogP contribution in [0.4, 0.5) is 0 Å². The minimum atomic E-state index is 0.942. The van der Waals surface area contributed by atoms with Crippen LogP contribution < -0.4 is 0 Å². The van der Waals surface area contributed by atoms with Gasteiger partial charge in [-0.1, -0.05) is 109 Å². The van der Waals surface area contributed by atoms with Crippen LogP contribution in [0.3, 0.4) is 0 Å². The predicted molar refractivity (Wildman–Crippen MR) is 228 cm³/mol. The van der Waals surface area contributed by atoms with Gasteiger partial charge in [0.05, 0.1) is 33.1 Å². The third kappa shape index (κ3) is 4.49. The van der Waals surface area contributed by atoms with E-state index in [0.717, 1.165) is 41.0 Å². The lowest BCUT2D eigenvalue weighted by molar-refractivity contribution is 0.966. The molecule has 0 unspecified atom stereocenters. The molecule has 258 valence electrons. The van der Waals surface area contributed by atoms with E-state index in [1.807, 2.05) is 0 Å². The van der Waals surface area contributed by atoms with Gasteiger partial charge in [0.15, 0.2) is 0 Å². The molecule has 8 aromatic carbocycles. The normalized spacial score (nSPS) is 12.6. The molecule has 0 radical (unpaired) electrons. The van der Waals surface area contributed by atoms with Crippen LogP contribution in [0.2, 0.25) is 0 Å². The van der Waals surface area contributed by atoms with Gasteiger partial charge in [-0.25, -0.2) is 4.98 Å². The molecule has 0 aliphatic heterocycles. The van der Waals surface area contributed by atoms with Crippen molar-refractivity contribution in [2.24, 2.45) is 0 Å².